The van der Waals surface area contributed by atoms with E-state index in [1.165, 1.54) is 6.08 Å². The Kier molecular flexibility index (Phi) is 16.3. The third-order valence-electron chi connectivity index (χ3n) is 1.96. The summed E-state index contributed by atoms with van der Waals surface area (Å²) >= 11 is 0. The number of hydrogen-bond donors (Lipinski definition) is 3. The molecule has 0 heterocycles. The summed E-state index contributed by atoms with van der Waals surface area (Å²) in [5.74, 6) is -0.933. The molecule has 0 aromatic carbocycles. The van der Waals surface area contributed by atoms with Crippen LogP contribution in [0.15, 0.2) is 24.3 Å². The van der Waals surface area contributed by atoms with Crippen LogP contribution in [0.2, 0.25) is 0 Å². The molecule has 0 radical (unpaired) electrons. The molecule has 0 aliphatic carbocycles. The number of aliphatic carboxylic acids is 1. The van der Waals surface area contributed by atoms with Crippen LogP contribution in [-0.2, 0) is 9.59 Å². The third kappa shape index (κ3) is 17.0. The van der Waals surface area contributed by atoms with Gasteiger partial charge in [0.05, 0.1) is 0 Å². The number of unbranched alkanes of at least 4 members (excludes halogenated alkanes) is 1. The van der Waals surface area contributed by atoms with Gasteiger partial charge in [0.1, 0.15) is 12.3 Å². The Hall–Kier alpha value is -1.46. The molecule has 0 unspecified atom stereocenters. The van der Waals surface area contributed by atoms with E-state index in [-0.39, 0.29) is 0 Å². The Morgan fingerprint density at radius 1 is 1.28 bits per heavy atom. The van der Waals surface area contributed by atoms with E-state index < -0.39 is 12.0 Å². The second kappa shape index (κ2) is 15.5. The Morgan fingerprint density at radius 3 is 2.39 bits per heavy atom. The minimum Gasteiger partial charge on any atom is -0.480 e. The molecule has 0 aromatic heterocycles. The molecule has 0 aromatic rings. The highest BCUT2D eigenvalue weighted by molar-refractivity contribution is 5.72. The smallest absolute Gasteiger partial charge is 0.320 e. The first-order valence-electron chi connectivity index (χ1n) is 6.05. The molecule has 0 fully saturated rings. The van der Waals surface area contributed by atoms with Crippen LogP contribution in [0.25, 0.3) is 0 Å². The van der Waals surface area contributed by atoms with Gasteiger partial charge < -0.3 is 16.6 Å². The zero-order valence-electron chi connectivity index (χ0n) is 10.9. The molecule has 0 spiro atoms. The highest BCUT2D eigenvalue weighted by Gasteiger charge is 2.09. The van der Waals surface area contributed by atoms with Crippen molar-refractivity contribution in [3.8, 4) is 0 Å². The molecule has 5 heteroatoms. The molecule has 0 rings (SSSR count). The number of rotatable bonds is 8. The summed E-state index contributed by atoms with van der Waals surface area (Å²) in [5.41, 5.74) is 10.4. The SMILES string of the molecule is CCC=CC=CC=O.NCCCC[C@H](N)C(=O)O. The van der Waals surface area contributed by atoms with Crippen molar-refractivity contribution in [3.05, 3.63) is 24.3 Å². The van der Waals surface area contributed by atoms with Crippen LogP contribution in [0, 0.1) is 0 Å². The van der Waals surface area contributed by atoms with Crippen LogP contribution in [0.4, 0.5) is 0 Å². The maximum atomic E-state index is 10.1. The second-order valence-electron chi connectivity index (χ2n) is 3.59. The standard InChI is InChI=1S/C7H10O.C6H14N2O2/c1-2-3-4-5-6-7-8;7-4-2-1-3-5(8)6(9)10/h3-7H,2H2,1H3;5H,1-4,7-8H2,(H,9,10)/t;5-/m.0/s1. The van der Waals surface area contributed by atoms with Crippen LogP contribution in [0.1, 0.15) is 32.6 Å². The molecule has 0 saturated heterocycles. The summed E-state index contributed by atoms with van der Waals surface area (Å²) in [5, 5.41) is 8.33. The zero-order chi connectivity index (χ0) is 14.2. The maximum Gasteiger partial charge on any atom is 0.320 e. The van der Waals surface area contributed by atoms with Crippen molar-refractivity contribution < 1.29 is 14.7 Å². The van der Waals surface area contributed by atoms with Crippen LogP contribution in [-0.4, -0.2) is 29.9 Å². The molecule has 104 valence electrons. The van der Waals surface area contributed by atoms with Crippen LogP contribution in [0.5, 0.6) is 0 Å². The van der Waals surface area contributed by atoms with Gasteiger partial charge >= 0.3 is 5.97 Å². The van der Waals surface area contributed by atoms with E-state index in [0.29, 0.717) is 13.0 Å². The molecule has 0 saturated carbocycles. The topological polar surface area (TPSA) is 106 Å². The van der Waals surface area contributed by atoms with Gasteiger partial charge in [-0.1, -0.05) is 31.6 Å². The fourth-order valence-corrected chi connectivity index (χ4v) is 0.956. The Morgan fingerprint density at radius 2 is 1.94 bits per heavy atom. The van der Waals surface area contributed by atoms with E-state index in [9.17, 15) is 9.59 Å². The maximum absolute atomic E-state index is 10.1. The second-order valence-corrected chi connectivity index (χ2v) is 3.59. The fourth-order valence-electron chi connectivity index (χ4n) is 0.956. The Balaban J connectivity index is 0. The van der Waals surface area contributed by atoms with Gasteiger partial charge in [0.15, 0.2) is 0 Å². The highest BCUT2D eigenvalue weighted by atomic mass is 16.4. The van der Waals surface area contributed by atoms with Crippen LogP contribution in [0.3, 0.4) is 0 Å². The van der Waals surface area contributed by atoms with Crippen LogP contribution >= 0.6 is 0 Å². The van der Waals surface area contributed by atoms with Crippen molar-refractivity contribution in [2.75, 3.05) is 6.54 Å². The summed E-state index contributed by atoms with van der Waals surface area (Å²) in [6.07, 6.45) is 11.0. The first-order chi connectivity index (χ1) is 8.59. The number of carboxylic acids is 1. The summed E-state index contributed by atoms with van der Waals surface area (Å²) in [6, 6.07) is -0.716. The number of aldehydes is 1. The molecule has 0 aliphatic heterocycles. The van der Waals surface area contributed by atoms with Crippen molar-refractivity contribution in [1.82, 2.24) is 0 Å². The number of nitrogens with two attached hydrogens (primary N) is 2. The molecule has 5 N–H and O–H groups in total. The third-order valence-corrected chi connectivity index (χ3v) is 1.96. The highest BCUT2D eigenvalue weighted by Crippen LogP contribution is 1.96. The lowest BCUT2D eigenvalue weighted by Crippen LogP contribution is -2.29. The fraction of sp³-hybridized carbons (Fsp3) is 0.538. The van der Waals surface area contributed by atoms with Gasteiger partial charge in [-0.3, -0.25) is 9.59 Å². The van der Waals surface area contributed by atoms with E-state index in [4.69, 9.17) is 16.6 Å². The van der Waals surface area contributed by atoms with Crippen LogP contribution < -0.4 is 11.5 Å². The summed E-state index contributed by atoms with van der Waals surface area (Å²) in [7, 11) is 0. The van der Waals surface area contributed by atoms with Crippen molar-refractivity contribution in [1.29, 1.82) is 0 Å². The average molecular weight is 256 g/mol. The molecule has 0 bridgehead atoms. The van der Waals surface area contributed by atoms with Gasteiger partial charge in [0, 0.05) is 0 Å². The quantitative estimate of drug-likeness (QED) is 0.262. The van der Waals surface area contributed by atoms with Gasteiger partial charge in [0.2, 0.25) is 0 Å². The van der Waals surface area contributed by atoms with Crippen molar-refractivity contribution in [2.24, 2.45) is 11.5 Å². The molecule has 0 aliphatic rings. The number of hydrogen-bond acceptors (Lipinski definition) is 4. The molecule has 0 amide bonds. The predicted octanol–water partition coefficient (Wildman–Crippen LogP) is 1.24. The van der Waals surface area contributed by atoms with E-state index in [1.807, 2.05) is 19.1 Å². The Labute approximate surface area is 109 Å². The first kappa shape index (κ1) is 18.9. The number of allylic oxidation sites excluding steroid dienone is 4. The van der Waals surface area contributed by atoms with E-state index in [0.717, 1.165) is 25.5 Å². The molecular formula is C13H24N2O3. The Bertz CT molecular complexity index is 263. The van der Waals surface area contributed by atoms with Crippen molar-refractivity contribution in [2.45, 2.75) is 38.6 Å². The van der Waals surface area contributed by atoms with E-state index >= 15 is 0 Å². The number of carbonyl (C=O) groups is 2. The molecule has 1 atom stereocenters. The van der Waals surface area contributed by atoms with Gasteiger partial charge in [-0.05, 0) is 31.9 Å². The van der Waals surface area contributed by atoms with E-state index in [1.54, 1.807) is 6.08 Å². The molecular weight excluding hydrogens is 232 g/mol. The lowest BCUT2D eigenvalue weighted by molar-refractivity contribution is -0.138. The molecule has 5 nitrogen and oxygen atoms in total. The first-order valence-corrected chi connectivity index (χ1v) is 6.05. The monoisotopic (exact) mass is 256 g/mol. The minimum absolute atomic E-state index is 0.520. The summed E-state index contributed by atoms with van der Waals surface area (Å²) in [4.78, 5) is 19.8. The van der Waals surface area contributed by atoms with Crippen molar-refractivity contribution >= 4 is 12.3 Å². The number of carboxylic acid groups (broad SMARTS) is 1. The normalized spacial score (nSPS) is 12.2. The average Bonchev–Trinajstić information content (AvgIpc) is 2.35. The number of carbonyl (C=O) groups excluding carboxylic acids is 1. The summed E-state index contributed by atoms with van der Waals surface area (Å²) in [6.45, 7) is 2.65. The van der Waals surface area contributed by atoms with Gasteiger partial charge in [0.25, 0.3) is 0 Å². The van der Waals surface area contributed by atoms with Gasteiger partial charge in [-0.15, -0.1) is 0 Å². The summed E-state index contributed by atoms with van der Waals surface area (Å²) < 4.78 is 0. The molecule has 18 heavy (non-hydrogen) atoms. The van der Waals surface area contributed by atoms with Crippen molar-refractivity contribution in [3.63, 3.8) is 0 Å². The lowest BCUT2D eigenvalue weighted by Gasteiger charge is -2.03. The van der Waals surface area contributed by atoms with Gasteiger partial charge in [-0.25, -0.2) is 0 Å². The lowest BCUT2D eigenvalue weighted by atomic mass is 10.1. The zero-order valence-corrected chi connectivity index (χ0v) is 10.9. The largest absolute Gasteiger partial charge is 0.480 e. The van der Waals surface area contributed by atoms with Gasteiger partial charge in [-0.2, -0.15) is 0 Å². The predicted molar refractivity (Wildman–Crippen MR) is 73.2 cm³/mol. The van der Waals surface area contributed by atoms with E-state index in [2.05, 4.69) is 0 Å². The minimum atomic E-state index is -0.933.